The van der Waals surface area contributed by atoms with Crippen molar-refractivity contribution in [3.63, 3.8) is 0 Å². The first-order valence-corrected chi connectivity index (χ1v) is 8.62. The van der Waals surface area contributed by atoms with Crippen LogP contribution in [0.2, 0.25) is 0 Å². The largest absolute Gasteiger partial charge is 1.00 e. The van der Waals surface area contributed by atoms with E-state index in [1.54, 1.807) is 36.4 Å². The minimum Gasteiger partial charge on any atom is -0.545 e. The summed E-state index contributed by atoms with van der Waals surface area (Å²) in [4.78, 5) is 36.7. The maximum atomic E-state index is 12.9. The Morgan fingerprint density at radius 3 is 1.69 bits per heavy atom. The van der Waals surface area contributed by atoms with Crippen molar-refractivity contribution >= 4 is 29.9 Å². The van der Waals surface area contributed by atoms with Gasteiger partial charge in [0.05, 0.1) is 11.5 Å². The molecule has 0 amide bonds. The minimum absolute atomic E-state index is 0. The molecule has 142 valence electrons. The van der Waals surface area contributed by atoms with Crippen LogP contribution in [0.4, 0.5) is 0 Å². The number of carboxylic acid groups (broad SMARTS) is 2. The van der Waals surface area contributed by atoms with E-state index >= 15 is 0 Å². The summed E-state index contributed by atoms with van der Waals surface area (Å²) >= 11 is 0. The van der Waals surface area contributed by atoms with Crippen molar-refractivity contribution in [1.29, 1.82) is 0 Å². The summed E-state index contributed by atoms with van der Waals surface area (Å²) in [6.45, 7) is 0.969. The van der Waals surface area contributed by atoms with Crippen LogP contribution in [-0.2, 0) is 4.79 Å². The van der Waals surface area contributed by atoms with Crippen molar-refractivity contribution in [3.05, 3.63) is 81.9 Å². The number of nitrogens with zero attached hydrogens (tertiary/aromatic N) is 1. The molecule has 0 atom stereocenters. The Labute approximate surface area is 211 Å². The third-order valence-electron chi connectivity index (χ3n) is 4.45. The van der Waals surface area contributed by atoms with Gasteiger partial charge >= 0.3 is 57.4 Å². The maximum Gasteiger partial charge on any atom is 1.00 e. The molecule has 3 rings (SSSR count). The Kier molecular flexibility index (Phi) is 8.27. The zero-order valence-electron chi connectivity index (χ0n) is 16.2. The zero-order valence-corrected chi connectivity index (χ0v) is 19.3. The molecule has 1 aliphatic rings. The molecule has 1 aliphatic heterocycles. The first-order valence-electron chi connectivity index (χ1n) is 8.62. The molecule has 6 nitrogen and oxygen atoms in total. The smallest absolute Gasteiger partial charge is 0.545 e. The van der Waals surface area contributed by atoms with Crippen molar-refractivity contribution in [2.75, 3.05) is 20.1 Å². The van der Waals surface area contributed by atoms with Gasteiger partial charge in [0.1, 0.15) is 0 Å². The van der Waals surface area contributed by atoms with Crippen LogP contribution in [0.1, 0.15) is 31.8 Å². The number of ketones is 1. The zero-order chi connectivity index (χ0) is 20.3. The molecule has 2 aromatic rings. The summed E-state index contributed by atoms with van der Waals surface area (Å²) in [5.74, 6) is -2.32. The average molecular weight is 415 g/mol. The average Bonchev–Trinajstić information content (AvgIpc) is 2.66. The molecule has 1 saturated heterocycles. The summed E-state index contributed by atoms with van der Waals surface area (Å²) in [5, 5.41) is 19.8. The summed E-state index contributed by atoms with van der Waals surface area (Å²) in [6, 6.07) is 12.5. The summed E-state index contributed by atoms with van der Waals surface area (Å²) in [7, 11) is 1.90. The van der Waals surface area contributed by atoms with Crippen molar-refractivity contribution in [2.45, 2.75) is 0 Å². The fourth-order valence-corrected chi connectivity index (χ4v) is 3.05. The predicted octanol–water partition coefficient (Wildman–Crippen LogP) is -1.27. The van der Waals surface area contributed by atoms with E-state index < -0.39 is 11.9 Å². The van der Waals surface area contributed by atoms with Crippen LogP contribution in [0, 0.1) is 0 Å². The first-order chi connectivity index (χ1) is 13.3. The number of rotatable bonds is 4. The number of Topliss-reactive ketones (excluding diaryl/α,β-unsaturated/α-hetero) is 1. The van der Waals surface area contributed by atoms with Crippen LogP contribution in [0.25, 0.3) is 12.2 Å². The van der Waals surface area contributed by atoms with Gasteiger partial charge in [-0.15, -0.1) is 0 Å². The monoisotopic (exact) mass is 415 g/mol. The molecule has 0 aromatic heterocycles. The Balaban J connectivity index is 0.00000300. The second-order valence-electron chi connectivity index (χ2n) is 6.68. The van der Waals surface area contributed by atoms with E-state index in [-0.39, 0.29) is 68.3 Å². The van der Waals surface area contributed by atoms with Crippen LogP contribution in [0.15, 0.2) is 59.7 Å². The van der Waals surface area contributed by atoms with Crippen LogP contribution >= 0.6 is 0 Å². The van der Waals surface area contributed by atoms with Crippen molar-refractivity contribution in [1.82, 2.24) is 4.90 Å². The number of hydrogen-bond acceptors (Lipinski definition) is 5. The summed E-state index contributed by atoms with van der Waals surface area (Å²) < 4.78 is 0. The number of benzene rings is 2. The molecule has 7 heteroatoms. The van der Waals surface area contributed by atoms with Crippen LogP contribution in [0.5, 0.6) is 0 Å². The Bertz CT molecular complexity index is 911. The van der Waals surface area contributed by atoms with E-state index in [9.17, 15) is 19.5 Å². The van der Waals surface area contributed by atoms with Crippen LogP contribution in [0.3, 0.4) is 0 Å². The third-order valence-corrected chi connectivity index (χ3v) is 4.45. The molecule has 0 saturated carbocycles. The molecule has 0 unspecified atom stereocenters. The van der Waals surface area contributed by atoms with Crippen molar-refractivity contribution in [3.8, 4) is 0 Å². The maximum absolute atomic E-state index is 12.9. The van der Waals surface area contributed by atoms with Gasteiger partial charge < -0.3 is 15.0 Å². The molecule has 1 fully saturated rings. The van der Waals surface area contributed by atoms with Crippen LogP contribution < -0.4 is 56.5 Å². The van der Waals surface area contributed by atoms with Gasteiger partial charge in [-0.05, 0) is 48.0 Å². The van der Waals surface area contributed by atoms with Gasteiger partial charge in [0.25, 0.3) is 0 Å². The van der Waals surface area contributed by atoms with Gasteiger partial charge in [-0.1, -0.05) is 36.4 Å². The molecule has 0 radical (unpaired) electrons. The Hall–Kier alpha value is -1.87. The number of piperidine rings is 1. The SMILES string of the molecule is CN1C/C(=C\c2ccc(C(=O)[O-])cc2)C(=O)/C(=C/c2ccc(C(=O)O)cc2)C1.[K+]. The van der Waals surface area contributed by atoms with Gasteiger partial charge in [0.15, 0.2) is 5.78 Å². The topological polar surface area (TPSA) is 97.7 Å². The fourth-order valence-electron chi connectivity index (χ4n) is 3.05. The molecule has 29 heavy (non-hydrogen) atoms. The summed E-state index contributed by atoms with van der Waals surface area (Å²) in [5.41, 5.74) is 2.96. The standard InChI is InChI=1S/C22H19NO5.K/c1-23-12-18(10-14-2-6-16(7-3-14)21(25)26)20(24)19(13-23)11-15-4-8-17(9-5-15)22(27)28;/h2-11H,12-13H2,1H3,(H,25,26)(H,27,28);/q;+1/p-1/b18-10+,19-11+;. The minimum atomic E-state index is -1.24. The van der Waals surface area contributed by atoms with Crippen LogP contribution in [-0.4, -0.2) is 47.9 Å². The number of carboxylic acids is 2. The van der Waals surface area contributed by atoms with Gasteiger partial charge in [-0.3, -0.25) is 9.69 Å². The number of likely N-dealkylation sites (N-methyl/N-ethyl adjacent to an activating group) is 1. The Morgan fingerprint density at radius 2 is 1.31 bits per heavy atom. The molecule has 0 aliphatic carbocycles. The quantitative estimate of drug-likeness (QED) is 0.494. The van der Waals surface area contributed by atoms with Gasteiger partial charge in [0, 0.05) is 24.2 Å². The molecule has 0 spiro atoms. The number of likely N-dealkylation sites (tertiary alicyclic amines) is 1. The predicted molar refractivity (Wildman–Crippen MR) is 103 cm³/mol. The second-order valence-corrected chi connectivity index (χ2v) is 6.68. The van der Waals surface area contributed by atoms with E-state index in [1.807, 2.05) is 11.9 Å². The normalized spacial score (nSPS) is 17.2. The molecule has 0 bridgehead atoms. The van der Waals surface area contributed by atoms with Gasteiger partial charge in [-0.2, -0.15) is 0 Å². The van der Waals surface area contributed by atoms with Gasteiger partial charge in [-0.25, -0.2) is 4.79 Å². The first kappa shape index (κ1) is 23.4. The second kappa shape index (κ2) is 10.2. The fraction of sp³-hybridized carbons (Fsp3) is 0.136. The molecular formula is C22H18KNO5. The Morgan fingerprint density at radius 1 is 0.897 bits per heavy atom. The number of carbonyl (C=O) groups is 3. The number of carbonyl (C=O) groups excluding carboxylic acids is 2. The van der Waals surface area contributed by atoms with E-state index in [2.05, 4.69) is 0 Å². The third kappa shape index (κ3) is 6.05. The van der Waals surface area contributed by atoms with E-state index in [1.165, 1.54) is 24.3 Å². The molecular weight excluding hydrogens is 397 g/mol. The number of hydrogen-bond donors (Lipinski definition) is 1. The van der Waals surface area contributed by atoms with E-state index in [0.717, 1.165) is 11.1 Å². The van der Waals surface area contributed by atoms with Crippen molar-refractivity contribution in [2.24, 2.45) is 0 Å². The molecule has 2 aromatic carbocycles. The molecule has 1 N–H and O–H groups in total. The van der Waals surface area contributed by atoms with E-state index in [0.29, 0.717) is 24.2 Å². The van der Waals surface area contributed by atoms with Gasteiger partial charge in [0.2, 0.25) is 0 Å². The number of aromatic carboxylic acids is 2. The molecule has 1 heterocycles. The summed E-state index contributed by atoms with van der Waals surface area (Å²) in [6.07, 6.45) is 3.51. The van der Waals surface area contributed by atoms with Crippen molar-refractivity contribution < 1.29 is 76.0 Å². The van der Waals surface area contributed by atoms with E-state index in [4.69, 9.17) is 5.11 Å².